The predicted molar refractivity (Wildman–Crippen MR) is 171 cm³/mol. The van der Waals surface area contributed by atoms with E-state index in [4.69, 9.17) is 0 Å². The molecule has 0 fully saturated rings. The zero-order chi connectivity index (χ0) is 27.5. The van der Waals surface area contributed by atoms with Gasteiger partial charge >= 0.3 is 0 Å². The summed E-state index contributed by atoms with van der Waals surface area (Å²) in [4.78, 5) is 0. The Morgan fingerprint density at radius 1 is 0.390 bits per heavy atom. The molecule has 6 aromatic carbocycles. The van der Waals surface area contributed by atoms with Crippen LogP contribution in [0, 0.1) is 12.2 Å². The second kappa shape index (κ2) is 19.0. The first-order chi connectivity index (χ1) is 19.9. The average Bonchev–Trinajstić information content (AvgIpc) is 3.81. The Kier molecular flexibility index (Phi) is 14.5. The van der Waals surface area contributed by atoms with Crippen LogP contribution in [0.25, 0.3) is 11.1 Å². The minimum absolute atomic E-state index is 0. The van der Waals surface area contributed by atoms with E-state index in [9.17, 15) is 0 Å². The third-order valence-electron chi connectivity index (χ3n) is 6.09. The van der Waals surface area contributed by atoms with E-state index in [-0.39, 0.29) is 21.7 Å². The summed E-state index contributed by atoms with van der Waals surface area (Å²) in [6.45, 7) is 0. The maximum atomic E-state index is 3.65. The standard InChI is InChI=1S/C30H24.2C5H5.Ti/c1-5-15-25(16-6-1)29(26-17-7-2-8-18-26)23-13-14-24-30(27-19-9-3-10-20-27)28-21-11-4-12-22-28;2*1-2-4-5-3-1;/h1-12,15-22H,13-14H2;2*1-5H;/q-2;-5;-1;. The number of allylic oxidation sites excluding steroid dienone is 2. The van der Waals surface area contributed by atoms with Gasteiger partial charge in [0.25, 0.3) is 0 Å². The third kappa shape index (κ3) is 11.0. The summed E-state index contributed by atoms with van der Waals surface area (Å²) in [5.41, 5.74) is 7.08. The normalized spacial score (nSPS) is 9.46. The Morgan fingerprint density at radius 2 is 0.659 bits per heavy atom. The molecule has 0 aliphatic carbocycles. The molecule has 1 heteroatoms. The van der Waals surface area contributed by atoms with Gasteiger partial charge in [0.05, 0.1) is 0 Å². The van der Waals surface area contributed by atoms with Crippen molar-refractivity contribution in [2.24, 2.45) is 0 Å². The van der Waals surface area contributed by atoms with Gasteiger partial charge in [-0.2, -0.15) is 29.3 Å². The molecule has 6 aromatic rings. The summed E-state index contributed by atoms with van der Waals surface area (Å²) < 4.78 is 0. The summed E-state index contributed by atoms with van der Waals surface area (Å²) in [6, 6.07) is 62.0. The molecule has 0 radical (unpaired) electrons. The second-order valence-corrected chi connectivity index (χ2v) is 8.99. The minimum Gasteiger partial charge on any atom is -0.748 e. The Bertz CT molecular complexity index is 1240. The van der Waals surface area contributed by atoms with Gasteiger partial charge in [-0.1, -0.05) is 85.6 Å². The molecule has 6 rings (SSSR count). The van der Waals surface area contributed by atoms with Crippen molar-refractivity contribution < 1.29 is 21.7 Å². The fourth-order valence-corrected chi connectivity index (χ4v) is 4.18. The molecule has 0 aromatic heterocycles. The van der Waals surface area contributed by atoms with Crippen molar-refractivity contribution in [2.45, 2.75) is 12.8 Å². The van der Waals surface area contributed by atoms with Gasteiger partial charge in [-0.15, -0.1) is 70.8 Å². The molecule has 0 atom stereocenters. The van der Waals surface area contributed by atoms with Gasteiger partial charge in [-0.3, -0.25) is 0 Å². The minimum atomic E-state index is 0. The van der Waals surface area contributed by atoms with E-state index < -0.39 is 0 Å². The summed E-state index contributed by atoms with van der Waals surface area (Å²) in [5.74, 6) is 0. The maximum Gasteiger partial charge on any atom is 0 e. The fraction of sp³-hybridized carbons (Fsp3) is 0.0500. The summed E-state index contributed by atoms with van der Waals surface area (Å²) >= 11 is 0. The summed E-state index contributed by atoms with van der Waals surface area (Å²) in [6.07, 6.45) is 8.92. The van der Waals surface area contributed by atoms with Gasteiger partial charge in [-0.05, 0) is 0 Å². The molecule has 0 saturated carbocycles. The van der Waals surface area contributed by atoms with Crippen LogP contribution in [0.2, 0.25) is 0 Å². The smallest absolute Gasteiger partial charge is 0 e. The van der Waals surface area contributed by atoms with Crippen LogP contribution in [0.5, 0.6) is 0 Å². The van der Waals surface area contributed by atoms with E-state index in [1.807, 2.05) is 60.7 Å². The SMILES string of the molecule is [C-](CC[C-]=C(c1ccccc1)c1ccccc1)=C(c1ccccc1)c1ccccc1.[Ti].[cH-]1[cH-][cH-][cH-][cH-]1.c1cc[cH-]c1. The molecule has 206 valence electrons. The first-order valence-electron chi connectivity index (χ1n) is 13.7. The van der Waals surface area contributed by atoms with Crippen LogP contribution in [0.1, 0.15) is 35.1 Å². The van der Waals surface area contributed by atoms with Gasteiger partial charge in [0.1, 0.15) is 0 Å². The third-order valence-corrected chi connectivity index (χ3v) is 6.09. The fourth-order valence-electron chi connectivity index (χ4n) is 4.18. The molecule has 0 saturated heterocycles. The van der Waals surface area contributed by atoms with Crippen LogP contribution in [0.4, 0.5) is 0 Å². The van der Waals surface area contributed by atoms with Gasteiger partial charge in [0.2, 0.25) is 0 Å². The molecular weight excluding hydrogens is 528 g/mol. The number of hydrogen-bond acceptors (Lipinski definition) is 0. The molecule has 0 N–H and O–H groups in total. The molecule has 0 amide bonds. The maximum absolute atomic E-state index is 3.65. The van der Waals surface area contributed by atoms with E-state index in [0.717, 1.165) is 24.0 Å². The Balaban J connectivity index is 0.000000352. The Morgan fingerprint density at radius 3 is 0.878 bits per heavy atom. The van der Waals surface area contributed by atoms with Crippen LogP contribution >= 0.6 is 0 Å². The monoisotopic (exact) mass is 562 g/mol. The number of rotatable bonds is 7. The van der Waals surface area contributed by atoms with Crippen LogP contribution in [-0.4, -0.2) is 0 Å². The van der Waals surface area contributed by atoms with Crippen molar-refractivity contribution in [3.05, 3.63) is 216 Å². The van der Waals surface area contributed by atoms with Crippen LogP contribution in [-0.2, 0) is 21.7 Å². The summed E-state index contributed by atoms with van der Waals surface area (Å²) in [5, 5.41) is 0. The zero-order valence-corrected chi connectivity index (χ0v) is 24.8. The molecule has 0 aliphatic heterocycles. The number of hydrogen-bond donors (Lipinski definition) is 0. The van der Waals surface area contributed by atoms with Crippen molar-refractivity contribution in [3.63, 3.8) is 0 Å². The molecule has 0 heterocycles. The molecule has 0 aliphatic rings. The summed E-state index contributed by atoms with van der Waals surface area (Å²) in [7, 11) is 0. The topological polar surface area (TPSA) is 0 Å². The molecule has 0 bridgehead atoms. The Hall–Kier alpha value is -4.23. The van der Waals surface area contributed by atoms with Gasteiger partial charge in [0, 0.05) is 21.7 Å². The van der Waals surface area contributed by atoms with E-state index in [1.165, 1.54) is 22.3 Å². The van der Waals surface area contributed by atoms with Crippen LogP contribution < -0.4 is 0 Å². The molecule has 0 spiro atoms. The van der Waals surface area contributed by atoms with E-state index in [0.29, 0.717) is 0 Å². The van der Waals surface area contributed by atoms with Crippen LogP contribution in [0.15, 0.2) is 182 Å². The van der Waals surface area contributed by atoms with Crippen molar-refractivity contribution in [1.82, 2.24) is 0 Å². The van der Waals surface area contributed by atoms with Crippen molar-refractivity contribution in [1.29, 1.82) is 0 Å². The van der Waals surface area contributed by atoms with Crippen molar-refractivity contribution >= 4 is 11.1 Å². The van der Waals surface area contributed by atoms with Gasteiger partial charge in [-0.25, -0.2) is 24.3 Å². The van der Waals surface area contributed by atoms with Crippen LogP contribution in [0.3, 0.4) is 0 Å². The van der Waals surface area contributed by atoms with Crippen molar-refractivity contribution in [2.75, 3.05) is 0 Å². The number of unbranched alkanes of at least 4 members (excludes halogenated alkanes) is 1. The first-order valence-corrected chi connectivity index (χ1v) is 13.7. The van der Waals surface area contributed by atoms with E-state index in [1.54, 1.807) is 0 Å². The molecular formula is C40H34Ti-8. The second-order valence-electron chi connectivity index (χ2n) is 8.99. The zero-order valence-electron chi connectivity index (χ0n) is 23.2. The molecule has 41 heavy (non-hydrogen) atoms. The largest absolute Gasteiger partial charge is 0.748 e. The van der Waals surface area contributed by atoms with Crippen molar-refractivity contribution in [3.8, 4) is 0 Å². The Labute approximate surface area is 261 Å². The molecule has 0 unspecified atom stereocenters. The number of benzene rings is 4. The van der Waals surface area contributed by atoms with E-state index in [2.05, 4.69) is 133 Å². The van der Waals surface area contributed by atoms with E-state index >= 15 is 0 Å². The van der Waals surface area contributed by atoms with Gasteiger partial charge in [0.15, 0.2) is 0 Å². The average molecular weight is 563 g/mol. The molecule has 0 nitrogen and oxygen atoms in total. The van der Waals surface area contributed by atoms with Gasteiger partial charge < -0.3 is 30.3 Å². The predicted octanol–water partition coefficient (Wildman–Crippen LogP) is 10.4. The quantitative estimate of drug-likeness (QED) is 0.103. The first kappa shape index (κ1) is 31.3.